The van der Waals surface area contributed by atoms with Gasteiger partial charge in [0.05, 0.1) is 0 Å². The largest absolute Gasteiger partial charge is 0.389 e. The van der Waals surface area contributed by atoms with Crippen molar-refractivity contribution in [2.75, 3.05) is 7.05 Å². The first-order valence-corrected chi connectivity index (χ1v) is 5.70. The van der Waals surface area contributed by atoms with Crippen molar-refractivity contribution in [1.29, 1.82) is 0 Å². The number of likely N-dealkylation sites (N-methyl/N-ethyl adjacent to an activating group) is 1. The van der Waals surface area contributed by atoms with Gasteiger partial charge in [-0.1, -0.05) is 29.8 Å². The molecule has 1 aromatic carbocycles. The highest BCUT2D eigenvalue weighted by atomic mass is 19.4. The van der Waals surface area contributed by atoms with E-state index in [1.165, 1.54) is 0 Å². The molecule has 17 heavy (non-hydrogen) atoms. The van der Waals surface area contributed by atoms with Crippen molar-refractivity contribution in [2.24, 2.45) is 0 Å². The lowest BCUT2D eigenvalue weighted by Gasteiger charge is -2.17. The fourth-order valence-electron chi connectivity index (χ4n) is 1.81. The van der Waals surface area contributed by atoms with E-state index in [0.29, 0.717) is 6.42 Å². The number of aryl methyl sites for hydroxylation is 1. The first-order valence-electron chi connectivity index (χ1n) is 5.70. The van der Waals surface area contributed by atoms with Crippen LogP contribution in [0.5, 0.6) is 0 Å². The van der Waals surface area contributed by atoms with Crippen molar-refractivity contribution >= 4 is 0 Å². The molecule has 0 bridgehead atoms. The molecule has 1 aromatic rings. The second-order valence-electron chi connectivity index (χ2n) is 4.33. The van der Waals surface area contributed by atoms with Crippen molar-refractivity contribution in [3.05, 3.63) is 35.4 Å². The molecule has 1 unspecified atom stereocenters. The summed E-state index contributed by atoms with van der Waals surface area (Å²) in [6, 6.07) is 7.75. The molecular formula is C13H18F3N. The van der Waals surface area contributed by atoms with Crippen LogP contribution >= 0.6 is 0 Å². The van der Waals surface area contributed by atoms with Crippen molar-refractivity contribution in [1.82, 2.24) is 5.32 Å². The highest BCUT2D eigenvalue weighted by Crippen LogP contribution is 2.23. The predicted molar refractivity (Wildman–Crippen MR) is 63.0 cm³/mol. The lowest BCUT2D eigenvalue weighted by Crippen LogP contribution is -2.29. The molecule has 0 aromatic heterocycles. The molecule has 0 aliphatic rings. The van der Waals surface area contributed by atoms with E-state index >= 15 is 0 Å². The summed E-state index contributed by atoms with van der Waals surface area (Å²) in [6.45, 7) is 1.98. The van der Waals surface area contributed by atoms with Gasteiger partial charge in [0, 0.05) is 12.5 Å². The van der Waals surface area contributed by atoms with E-state index in [4.69, 9.17) is 0 Å². The summed E-state index contributed by atoms with van der Waals surface area (Å²) in [5.74, 6) is 0. The molecule has 0 radical (unpaired) electrons. The molecular weight excluding hydrogens is 227 g/mol. The Kier molecular flexibility index (Phi) is 5.00. The van der Waals surface area contributed by atoms with Crippen LogP contribution in [0.2, 0.25) is 0 Å². The van der Waals surface area contributed by atoms with E-state index in [1.807, 2.05) is 31.2 Å². The maximum absolute atomic E-state index is 12.1. The molecule has 0 amide bonds. The highest BCUT2D eigenvalue weighted by molar-refractivity contribution is 5.22. The zero-order chi connectivity index (χ0) is 12.9. The molecule has 1 atom stereocenters. The zero-order valence-corrected chi connectivity index (χ0v) is 10.1. The topological polar surface area (TPSA) is 12.0 Å². The molecule has 1 nitrogen and oxygen atoms in total. The normalized spacial score (nSPS) is 13.7. The van der Waals surface area contributed by atoms with Crippen molar-refractivity contribution in [3.63, 3.8) is 0 Å². The van der Waals surface area contributed by atoms with E-state index in [2.05, 4.69) is 5.32 Å². The van der Waals surface area contributed by atoms with Crippen molar-refractivity contribution in [2.45, 2.75) is 38.4 Å². The fourth-order valence-corrected chi connectivity index (χ4v) is 1.81. The third-order valence-corrected chi connectivity index (χ3v) is 2.75. The molecule has 1 N–H and O–H groups in total. The highest BCUT2D eigenvalue weighted by Gasteiger charge is 2.27. The van der Waals surface area contributed by atoms with Gasteiger partial charge in [-0.25, -0.2) is 0 Å². The summed E-state index contributed by atoms with van der Waals surface area (Å²) in [5.41, 5.74) is 2.21. The molecule has 96 valence electrons. The van der Waals surface area contributed by atoms with Crippen LogP contribution in [0.3, 0.4) is 0 Å². The molecule has 0 spiro atoms. The average molecular weight is 245 g/mol. The van der Waals surface area contributed by atoms with Crippen LogP contribution < -0.4 is 5.32 Å². The second kappa shape index (κ2) is 6.05. The summed E-state index contributed by atoms with van der Waals surface area (Å²) >= 11 is 0. The van der Waals surface area contributed by atoms with Gasteiger partial charge in [0.2, 0.25) is 0 Å². The van der Waals surface area contributed by atoms with E-state index in [0.717, 1.165) is 11.1 Å². The number of hydrogen-bond acceptors (Lipinski definition) is 1. The molecule has 0 aliphatic heterocycles. The molecule has 0 saturated heterocycles. The number of halogens is 3. The summed E-state index contributed by atoms with van der Waals surface area (Å²) in [6.07, 6.45) is -4.05. The van der Waals surface area contributed by atoms with Crippen LogP contribution in [0.25, 0.3) is 0 Å². The van der Waals surface area contributed by atoms with Crippen LogP contribution in [-0.2, 0) is 6.42 Å². The number of nitrogens with one attached hydrogen (secondary N) is 1. The predicted octanol–water partition coefficient (Wildman–Crippen LogP) is 3.47. The fraction of sp³-hybridized carbons (Fsp3) is 0.538. The maximum atomic E-state index is 12.1. The molecule has 0 heterocycles. The van der Waals surface area contributed by atoms with Crippen molar-refractivity contribution < 1.29 is 13.2 Å². The third-order valence-electron chi connectivity index (χ3n) is 2.75. The van der Waals surface area contributed by atoms with Crippen LogP contribution in [0.4, 0.5) is 13.2 Å². The number of rotatable bonds is 5. The van der Waals surface area contributed by atoms with E-state index < -0.39 is 12.6 Å². The monoisotopic (exact) mass is 245 g/mol. The molecule has 1 rings (SSSR count). The van der Waals surface area contributed by atoms with Gasteiger partial charge in [0.15, 0.2) is 0 Å². The lowest BCUT2D eigenvalue weighted by molar-refractivity contribution is -0.136. The zero-order valence-electron chi connectivity index (χ0n) is 10.1. The van der Waals surface area contributed by atoms with Crippen LogP contribution in [0.15, 0.2) is 24.3 Å². The Balaban J connectivity index is 2.52. The van der Waals surface area contributed by atoms with Crippen LogP contribution in [-0.4, -0.2) is 19.3 Å². The van der Waals surface area contributed by atoms with Gasteiger partial charge in [0.25, 0.3) is 0 Å². The SMILES string of the molecule is CNC(CCC(F)(F)F)Cc1cccc(C)c1. The van der Waals surface area contributed by atoms with Gasteiger partial charge < -0.3 is 5.32 Å². The molecule has 0 fully saturated rings. The van der Waals surface area contributed by atoms with E-state index in [-0.39, 0.29) is 12.5 Å². The van der Waals surface area contributed by atoms with Gasteiger partial charge in [-0.3, -0.25) is 0 Å². The van der Waals surface area contributed by atoms with Gasteiger partial charge >= 0.3 is 6.18 Å². The Morgan fingerprint density at radius 2 is 2.00 bits per heavy atom. The average Bonchev–Trinajstić information content (AvgIpc) is 2.23. The van der Waals surface area contributed by atoms with Gasteiger partial charge in [-0.05, 0) is 32.4 Å². The van der Waals surface area contributed by atoms with Gasteiger partial charge in [-0.2, -0.15) is 13.2 Å². The second-order valence-corrected chi connectivity index (χ2v) is 4.33. The molecule has 0 saturated carbocycles. The van der Waals surface area contributed by atoms with E-state index in [9.17, 15) is 13.2 Å². The number of benzene rings is 1. The van der Waals surface area contributed by atoms with Crippen LogP contribution in [0, 0.1) is 6.92 Å². The Morgan fingerprint density at radius 3 is 2.53 bits per heavy atom. The summed E-state index contributed by atoms with van der Waals surface area (Å²) in [5, 5.41) is 2.94. The maximum Gasteiger partial charge on any atom is 0.389 e. The van der Waals surface area contributed by atoms with Gasteiger partial charge in [-0.15, -0.1) is 0 Å². The standard InChI is InChI=1S/C13H18F3N/c1-10-4-3-5-11(8-10)9-12(17-2)6-7-13(14,15)16/h3-5,8,12,17H,6-7,9H2,1-2H3. The van der Waals surface area contributed by atoms with Crippen LogP contribution in [0.1, 0.15) is 24.0 Å². The number of alkyl halides is 3. The quantitative estimate of drug-likeness (QED) is 0.837. The minimum absolute atomic E-state index is 0.119. The summed E-state index contributed by atoms with van der Waals surface area (Å²) in [4.78, 5) is 0. The molecule has 4 heteroatoms. The first kappa shape index (κ1) is 14.0. The van der Waals surface area contributed by atoms with Gasteiger partial charge in [0.1, 0.15) is 0 Å². The Labute approximate surface area is 100 Å². The Bertz CT molecular complexity index is 347. The summed E-state index contributed by atoms with van der Waals surface area (Å²) in [7, 11) is 1.71. The smallest absolute Gasteiger partial charge is 0.317 e. The first-order chi connectivity index (χ1) is 7.90. The lowest BCUT2D eigenvalue weighted by atomic mass is 10.0. The van der Waals surface area contributed by atoms with E-state index in [1.54, 1.807) is 7.05 Å². The Morgan fingerprint density at radius 1 is 1.29 bits per heavy atom. The molecule has 0 aliphatic carbocycles. The third kappa shape index (κ3) is 5.73. The summed E-state index contributed by atoms with van der Waals surface area (Å²) < 4.78 is 36.4. The van der Waals surface area contributed by atoms with Crippen molar-refractivity contribution in [3.8, 4) is 0 Å². The minimum Gasteiger partial charge on any atom is -0.317 e. The Hall–Kier alpha value is -1.03. The minimum atomic E-state index is -4.07. The number of hydrogen-bond donors (Lipinski definition) is 1.